The Morgan fingerprint density at radius 2 is 0.692 bits per heavy atom. The normalized spacial score (nSPS) is 10.9. The molecule has 0 saturated heterocycles. The van der Waals surface area contributed by atoms with Gasteiger partial charge in [-0.05, 0) is 71.8 Å². The monoisotopic (exact) mass is 538 g/mol. The summed E-state index contributed by atoms with van der Waals surface area (Å²) in [4.78, 5) is 0. The van der Waals surface area contributed by atoms with Crippen molar-refractivity contribution in [2.24, 2.45) is 0 Å². The highest BCUT2D eigenvalue weighted by molar-refractivity contribution is 7.49. The SMILES string of the molecule is O=P(Oc1ccccc1)(Oc1ccc(OCc2ccccc2)cc1)Oc1ccc(OCc2ccccc2)cc1. The van der Waals surface area contributed by atoms with Gasteiger partial charge in [0.05, 0.1) is 0 Å². The van der Waals surface area contributed by atoms with Crippen LogP contribution in [0.25, 0.3) is 0 Å². The minimum atomic E-state index is -4.12. The first kappa shape index (κ1) is 26.0. The molecule has 0 fully saturated rings. The largest absolute Gasteiger partial charge is 0.647 e. The Morgan fingerprint density at radius 3 is 1.08 bits per heavy atom. The van der Waals surface area contributed by atoms with Crippen molar-refractivity contribution in [3.05, 3.63) is 151 Å². The van der Waals surface area contributed by atoms with Gasteiger partial charge < -0.3 is 23.0 Å². The first-order valence-corrected chi connectivity index (χ1v) is 13.9. The molecule has 5 rings (SSSR count). The molecule has 0 heterocycles. The molecule has 0 aliphatic rings. The van der Waals surface area contributed by atoms with Crippen molar-refractivity contribution >= 4 is 7.82 Å². The Morgan fingerprint density at radius 1 is 0.385 bits per heavy atom. The molecule has 0 radical (unpaired) electrons. The van der Waals surface area contributed by atoms with Gasteiger partial charge in [0, 0.05) is 0 Å². The van der Waals surface area contributed by atoms with E-state index in [4.69, 9.17) is 23.0 Å². The average Bonchev–Trinajstić information content (AvgIpc) is 2.98. The van der Waals surface area contributed by atoms with Crippen molar-refractivity contribution in [3.8, 4) is 28.7 Å². The number of para-hydroxylation sites is 1. The van der Waals surface area contributed by atoms with E-state index < -0.39 is 7.82 Å². The van der Waals surface area contributed by atoms with Crippen LogP contribution in [0.5, 0.6) is 28.7 Å². The van der Waals surface area contributed by atoms with Gasteiger partial charge in [0.1, 0.15) is 42.0 Å². The lowest BCUT2D eigenvalue weighted by molar-refractivity contribution is 0.294. The molecule has 0 aromatic heterocycles. The van der Waals surface area contributed by atoms with Gasteiger partial charge in [-0.1, -0.05) is 78.9 Å². The molecule has 39 heavy (non-hydrogen) atoms. The summed E-state index contributed by atoms with van der Waals surface area (Å²) in [5.74, 6) is 2.27. The summed E-state index contributed by atoms with van der Waals surface area (Å²) in [6.45, 7) is 0.871. The number of benzene rings is 5. The topological polar surface area (TPSA) is 63.2 Å². The lowest BCUT2D eigenvalue weighted by atomic mass is 10.2. The van der Waals surface area contributed by atoms with Crippen molar-refractivity contribution in [3.63, 3.8) is 0 Å². The van der Waals surface area contributed by atoms with Crippen molar-refractivity contribution in [2.45, 2.75) is 13.2 Å². The first-order chi connectivity index (χ1) is 19.1. The maximum Gasteiger partial charge on any atom is 0.647 e. The van der Waals surface area contributed by atoms with E-state index >= 15 is 0 Å². The predicted molar refractivity (Wildman–Crippen MR) is 150 cm³/mol. The van der Waals surface area contributed by atoms with Crippen molar-refractivity contribution in [1.82, 2.24) is 0 Å². The standard InChI is InChI=1S/C32H27O6P/c33-39(36-30-14-8-3-9-15-30,37-31-20-16-28(17-21-31)34-24-26-10-4-1-5-11-26)38-32-22-18-29(19-23-32)35-25-27-12-6-2-7-13-27/h1-23H,24-25H2. The van der Waals surface area contributed by atoms with Gasteiger partial charge in [0.2, 0.25) is 0 Å². The Labute approximate surface area is 228 Å². The van der Waals surface area contributed by atoms with Gasteiger partial charge >= 0.3 is 7.82 Å². The Bertz CT molecular complexity index is 1380. The summed E-state index contributed by atoms with van der Waals surface area (Å²) in [5, 5.41) is 0. The molecule has 0 N–H and O–H groups in total. The number of rotatable bonds is 12. The van der Waals surface area contributed by atoms with Crippen molar-refractivity contribution in [1.29, 1.82) is 0 Å². The summed E-state index contributed by atoms with van der Waals surface area (Å²) in [6, 6.07) is 42.1. The molecule has 6 nitrogen and oxygen atoms in total. The molecule has 0 unspecified atom stereocenters. The summed E-state index contributed by atoms with van der Waals surface area (Å²) in [7, 11) is -4.12. The molecule has 0 atom stereocenters. The molecule has 0 saturated carbocycles. The molecular weight excluding hydrogens is 511 g/mol. The molecular formula is C32H27O6P. The van der Waals surface area contributed by atoms with Gasteiger partial charge in [-0.15, -0.1) is 0 Å². The Hall–Kier alpha value is -4.67. The van der Waals surface area contributed by atoms with E-state index in [-0.39, 0.29) is 0 Å². The number of hydrogen-bond donors (Lipinski definition) is 0. The molecule has 0 spiro atoms. The maximum absolute atomic E-state index is 13.8. The van der Waals surface area contributed by atoms with Gasteiger partial charge in [0.15, 0.2) is 0 Å². The number of phosphoric acid groups is 1. The highest BCUT2D eigenvalue weighted by Crippen LogP contribution is 2.50. The van der Waals surface area contributed by atoms with Crippen LogP contribution in [-0.2, 0) is 17.8 Å². The molecule has 0 aliphatic carbocycles. The second-order valence-corrected chi connectivity index (χ2v) is 9.97. The van der Waals surface area contributed by atoms with Gasteiger partial charge in [-0.2, -0.15) is 4.57 Å². The lowest BCUT2D eigenvalue weighted by Crippen LogP contribution is -2.07. The van der Waals surface area contributed by atoms with Crippen molar-refractivity contribution in [2.75, 3.05) is 0 Å². The highest BCUT2D eigenvalue weighted by Gasteiger charge is 2.33. The van der Waals surface area contributed by atoms with E-state index in [1.54, 1.807) is 72.8 Å². The van der Waals surface area contributed by atoms with Crippen LogP contribution in [0.4, 0.5) is 0 Å². The molecule has 7 heteroatoms. The maximum atomic E-state index is 13.8. The summed E-state index contributed by atoms with van der Waals surface area (Å²) >= 11 is 0. The molecule has 5 aromatic rings. The molecule has 0 aliphatic heterocycles. The fourth-order valence-corrected chi connectivity index (χ4v) is 4.85. The van der Waals surface area contributed by atoms with E-state index in [1.165, 1.54) is 0 Å². The molecule has 5 aromatic carbocycles. The molecule has 0 amide bonds. The quantitative estimate of drug-likeness (QED) is 0.148. The third-order valence-electron chi connectivity index (χ3n) is 5.54. The summed E-state index contributed by atoms with van der Waals surface area (Å²) < 4.78 is 42.7. The van der Waals surface area contributed by atoms with Gasteiger partial charge in [-0.25, -0.2) is 0 Å². The number of phosphoric ester groups is 1. The second kappa shape index (κ2) is 12.7. The third-order valence-corrected chi connectivity index (χ3v) is 6.84. The van der Waals surface area contributed by atoms with Gasteiger partial charge in [-0.3, -0.25) is 0 Å². The van der Waals surface area contributed by atoms with Gasteiger partial charge in [0.25, 0.3) is 0 Å². The predicted octanol–water partition coefficient (Wildman–Crippen LogP) is 8.49. The minimum Gasteiger partial charge on any atom is -0.489 e. The third kappa shape index (κ3) is 7.91. The Balaban J connectivity index is 1.26. The van der Waals surface area contributed by atoms with E-state index in [1.807, 2.05) is 66.7 Å². The van der Waals surface area contributed by atoms with E-state index in [0.29, 0.717) is 42.0 Å². The zero-order valence-corrected chi connectivity index (χ0v) is 22.0. The van der Waals surface area contributed by atoms with Crippen LogP contribution in [0.15, 0.2) is 140 Å². The van der Waals surface area contributed by atoms with Crippen LogP contribution in [0, 0.1) is 0 Å². The van der Waals surface area contributed by atoms with Crippen LogP contribution in [0.2, 0.25) is 0 Å². The number of ether oxygens (including phenoxy) is 2. The zero-order chi connectivity index (χ0) is 26.8. The smallest absolute Gasteiger partial charge is 0.489 e. The summed E-state index contributed by atoms with van der Waals surface area (Å²) in [5.41, 5.74) is 2.12. The fourth-order valence-electron chi connectivity index (χ4n) is 3.60. The van der Waals surface area contributed by atoms with Crippen LogP contribution in [0.1, 0.15) is 11.1 Å². The van der Waals surface area contributed by atoms with Crippen molar-refractivity contribution < 1.29 is 27.6 Å². The molecule has 0 bridgehead atoms. The van der Waals surface area contributed by atoms with E-state index in [9.17, 15) is 4.57 Å². The minimum absolute atomic E-state index is 0.309. The van der Waals surface area contributed by atoms with Crippen LogP contribution in [-0.4, -0.2) is 0 Å². The lowest BCUT2D eigenvalue weighted by Gasteiger charge is -2.19. The summed E-state index contributed by atoms with van der Waals surface area (Å²) in [6.07, 6.45) is 0. The number of hydrogen-bond acceptors (Lipinski definition) is 6. The molecule has 196 valence electrons. The highest BCUT2D eigenvalue weighted by atomic mass is 31.2. The van der Waals surface area contributed by atoms with E-state index in [0.717, 1.165) is 11.1 Å². The first-order valence-electron chi connectivity index (χ1n) is 12.4. The second-order valence-electron chi connectivity index (χ2n) is 8.53. The van der Waals surface area contributed by atoms with E-state index in [2.05, 4.69) is 0 Å². The Kier molecular flexibility index (Phi) is 8.47. The average molecular weight is 539 g/mol. The fraction of sp³-hybridized carbons (Fsp3) is 0.0625. The van der Waals surface area contributed by atoms with Crippen LogP contribution in [0.3, 0.4) is 0 Å². The van der Waals surface area contributed by atoms with Crippen LogP contribution >= 0.6 is 7.82 Å². The zero-order valence-electron chi connectivity index (χ0n) is 21.1. The van der Waals surface area contributed by atoms with Crippen LogP contribution < -0.4 is 23.0 Å².